The first-order chi connectivity index (χ1) is 10.1. The van der Waals surface area contributed by atoms with E-state index in [0.29, 0.717) is 5.02 Å². The van der Waals surface area contributed by atoms with Crippen LogP contribution >= 0.6 is 35.0 Å². The minimum atomic E-state index is -0.130. The van der Waals surface area contributed by atoms with Crippen molar-refractivity contribution in [3.63, 3.8) is 0 Å². The number of pyridine rings is 1. The van der Waals surface area contributed by atoms with Crippen LogP contribution in [-0.4, -0.2) is 26.5 Å². The molecule has 0 radical (unpaired) electrons. The predicted molar refractivity (Wildman–Crippen MR) is 93.7 cm³/mol. The van der Waals surface area contributed by atoms with Crippen molar-refractivity contribution < 1.29 is 0 Å². The Hall–Kier alpha value is -0.450. The highest BCUT2D eigenvalue weighted by molar-refractivity contribution is 7.98. The topological polar surface area (TPSA) is 30.7 Å². The third kappa shape index (κ3) is 4.51. The van der Waals surface area contributed by atoms with Crippen molar-refractivity contribution in [1.29, 1.82) is 0 Å². The lowest BCUT2D eigenvalue weighted by Gasteiger charge is -2.09. The Labute approximate surface area is 140 Å². The molecule has 1 atom stereocenters. The molecule has 0 aliphatic carbocycles. The summed E-state index contributed by atoms with van der Waals surface area (Å²) in [6, 6.07) is 1.85. The Morgan fingerprint density at radius 3 is 2.76 bits per heavy atom. The van der Waals surface area contributed by atoms with Crippen molar-refractivity contribution >= 4 is 46.1 Å². The van der Waals surface area contributed by atoms with Crippen LogP contribution in [0.2, 0.25) is 5.02 Å². The summed E-state index contributed by atoms with van der Waals surface area (Å²) < 4.78 is 2.14. The zero-order chi connectivity index (χ0) is 15.2. The van der Waals surface area contributed by atoms with Crippen molar-refractivity contribution in [3.05, 3.63) is 23.1 Å². The van der Waals surface area contributed by atoms with E-state index in [1.807, 2.05) is 24.8 Å². The number of thioether (sulfide) groups is 1. The number of hydrogen-bond acceptors (Lipinski definition) is 3. The summed E-state index contributed by atoms with van der Waals surface area (Å²) in [7, 11) is 0. The van der Waals surface area contributed by atoms with E-state index in [-0.39, 0.29) is 5.38 Å². The van der Waals surface area contributed by atoms with Crippen molar-refractivity contribution in [2.24, 2.45) is 0 Å². The SMILES string of the molecule is CSCCCCCCn1c(C(C)Cl)nc2cc(Cl)cnc21. The molecule has 0 saturated heterocycles. The van der Waals surface area contributed by atoms with Crippen LogP contribution in [-0.2, 0) is 6.54 Å². The fourth-order valence-electron chi connectivity index (χ4n) is 2.40. The molecule has 21 heavy (non-hydrogen) atoms. The highest BCUT2D eigenvalue weighted by atomic mass is 35.5. The predicted octanol–water partition coefficient (Wildman–Crippen LogP) is 5.31. The normalized spacial score (nSPS) is 13.0. The molecule has 0 bridgehead atoms. The van der Waals surface area contributed by atoms with E-state index in [0.717, 1.165) is 30.0 Å². The van der Waals surface area contributed by atoms with Crippen molar-refractivity contribution in [2.75, 3.05) is 12.0 Å². The number of alkyl halides is 1. The van der Waals surface area contributed by atoms with Gasteiger partial charge in [0.25, 0.3) is 0 Å². The van der Waals surface area contributed by atoms with Crippen molar-refractivity contribution in [3.8, 4) is 0 Å². The fraction of sp³-hybridized carbons (Fsp3) is 0.600. The summed E-state index contributed by atoms with van der Waals surface area (Å²) >= 11 is 14.2. The van der Waals surface area contributed by atoms with Crippen LogP contribution in [0.4, 0.5) is 0 Å². The summed E-state index contributed by atoms with van der Waals surface area (Å²) in [6.07, 6.45) is 8.74. The van der Waals surface area contributed by atoms with Crippen LogP contribution in [0.1, 0.15) is 43.8 Å². The summed E-state index contributed by atoms with van der Waals surface area (Å²) in [6.45, 7) is 2.86. The second-order valence-electron chi connectivity index (χ2n) is 5.14. The molecule has 116 valence electrons. The number of fused-ring (bicyclic) bond motifs is 1. The Morgan fingerprint density at radius 1 is 1.29 bits per heavy atom. The van der Waals surface area contributed by atoms with Gasteiger partial charge in [-0.2, -0.15) is 11.8 Å². The minimum absolute atomic E-state index is 0.130. The molecule has 0 N–H and O–H groups in total. The third-order valence-electron chi connectivity index (χ3n) is 3.42. The zero-order valence-electron chi connectivity index (χ0n) is 12.5. The van der Waals surface area contributed by atoms with Crippen LogP contribution in [0.3, 0.4) is 0 Å². The van der Waals surface area contributed by atoms with Gasteiger partial charge in [-0.1, -0.05) is 24.4 Å². The molecule has 0 aliphatic heterocycles. The average molecular weight is 346 g/mol. The Kier molecular flexibility index (Phi) is 6.65. The van der Waals surface area contributed by atoms with Gasteiger partial charge < -0.3 is 4.57 Å². The van der Waals surface area contributed by atoms with E-state index < -0.39 is 0 Å². The Morgan fingerprint density at radius 2 is 2.05 bits per heavy atom. The molecular weight excluding hydrogens is 325 g/mol. The lowest BCUT2D eigenvalue weighted by Crippen LogP contribution is -2.05. The second kappa shape index (κ2) is 8.25. The summed E-state index contributed by atoms with van der Waals surface area (Å²) in [5.41, 5.74) is 1.71. The number of halogens is 2. The second-order valence-corrected chi connectivity index (χ2v) is 7.22. The summed E-state index contributed by atoms with van der Waals surface area (Å²) in [5, 5.41) is 0.479. The maximum Gasteiger partial charge on any atom is 0.160 e. The third-order valence-corrected chi connectivity index (χ3v) is 4.52. The van der Waals surface area contributed by atoms with E-state index >= 15 is 0 Å². The molecule has 2 heterocycles. The van der Waals surface area contributed by atoms with Gasteiger partial charge in [0.15, 0.2) is 5.65 Å². The van der Waals surface area contributed by atoms with Gasteiger partial charge in [0, 0.05) is 12.7 Å². The van der Waals surface area contributed by atoms with Crippen molar-refractivity contribution in [2.45, 2.75) is 44.5 Å². The standard InChI is InChI=1S/C15H21Cl2N3S/c1-11(16)14-19-13-9-12(17)10-18-15(13)20(14)7-5-3-4-6-8-21-2/h9-11H,3-8H2,1-2H3. The van der Waals surface area contributed by atoms with Crippen LogP contribution in [0, 0.1) is 0 Å². The van der Waals surface area contributed by atoms with Gasteiger partial charge in [0.1, 0.15) is 11.3 Å². The first-order valence-electron chi connectivity index (χ1n) is 7.28. The molecule has 2 aromatic heterocycles. The molecule has 2 rings (SSSR count). The number of hydrogen-bond donors (Lipinski definition) is 0. The van der Waals surface area contributed by atoms with Gasteiger partial charge in [-0.25, -0.2) is 9.97 Å². The quantitative estimate of drug-likeness (QED) is 0.479. The number of imidazole rings is 1. The van der Waals surface area contributed by atoms with Gasteiger partial charge in [0.05, 0.1) is 10.4 Å². The molecule has 0 spiro atoms. The minimum Gasteiger partial charge on any atom is -0.311 e. The number of aromatic nitrogens is 3. The van der Waals surface area contributed by atoms with Gasteiger partial charge >= 0.3 is 0 Å². The van der Waals surface area contributed by atoms with E-state index in [1.54, 1.807) is 6.20 Å². The number of unbranched alkanes of at least 4 members (excludes halogenated alkanes) is 3. The van der Waals surface area contributed by atoms with Gasteiger partial charge in [0.2, 0.25) is 0 Å². The van der Waals surface area contributed by atoms with Gasteiger partial charge in [-0.15, -0.1) is 11.6 Å². The van der Waals surface area contributed by atoms with Crippen LogP contribution in [0.25, 0.3) is 11.2 Å². The fourth-order valence-corrected chi connectivity index (χ4v) is 3.21. The lowest BCUT2D eigenvalue weighted by atomic mass is 10.2. The van der Waals surface area contributed by atoms with Crippen molar-refractivity contribution in [1.82, 2.24) is 14.5 Å². The molecule has 3 nitrogen and oxygen atoms in total. The molecule has 0 amide bonds. The molecular formula is C15H21Cl2N3S. The molecule has 1 unspecified atom stereocenters. The zero-order valence-corrected chi connectivity index (χ0v) is 14.8. The summed E-state index contributed by atoms with van der Waals surface area (Å²) in [5.74, 6) is 2.13. The highest BCUT2D eigenvalue weighted by Gasteiger charge is 2.15. The highest BCUT2D eigenvalue weighted by Crippen LogP contribution is 2.25. The number of rotatable bonds is 8. The molecule has 0 fully saturated rings. The Bertz CT molecular complexity index is 584. The first-order valence-corrected chi connectivity index (χ1v) is 9.49. The van der Waals surface area contributed by atoms with E-state index in [2.05, 4.69) is 20.8 Å². The first kappa shape index (κ1) is 16.9. The van der Waals surface area contributed by atoms with E-state index in [1.165, 1.54) is 25.0 Å². The smallest absolute Gasteiger partial charge is 0.160 e. The number of aryl methyl sites for hydroxylation is 1. The van der Waals surface area contributed by atoms with Crippen LogP contribution < -0.4 is 0 Å². The largest absolute Gasteiger partial charge is 0.311 e. The molecule has 6 heteroatoms. The molecule has 2 aromatic rings. The average Bonchev–Trinajstić information content (AvgIpc) is 2.80. The maximum atomic E-state index is 6.25. The van der Waals surface area contributed by atoms with Gasteiger partial charge in [-0.3, -0.25) is 0 Å². The maximum absolute atomic E-state index is 6.25. The molecule has 0 aliphatic rings. The van der Waals surface area contributed by atoms with E-state index in [9.17, 15) is 0 Å². The van der Waals surface area contributed by atoms with Crippen LogP contribution in [0.5, 0.6) is 0 Å². The van der Waals surface area contributed by atoms with Gasteiger partial charge in [-0.05, 0) is 37.8 Å². The summed E-state index contributed by atoms with van der Waals surface area (Å²) in [4.78, 5) is 9.00. The Balaban J connectivity index is 2.08. The molecule has 0 saturated carbocycles. The number of nitrogens with zero attached hydrogens (tertiary/aromatic N) is 3. The lowest BCUT2D eigenvalue weighted by molar-refractivity contribution is 0.573. The molecule has 0 aromatic carbocycles. The monoisotopic (exact) mass is 345 g/mol. The van der Waals surface area contributed by atoms with Crippen LogP contribution in [0.15, 0.2) is 12.3 Å². The van der Waals surface area contributed by atoms with E-state index in [4.69, 9.17) is 23.2 Å².